The van der Waals surface area contributed by atoms with E-state index in [-0.39, 0.29) is 30.3 Å². The first kappa shape index (κ1) is 23.7. The number of aliphatic carboxylic acids is 1. The average molecular weight is 475 g/mol. The number of aromatic nitrogens is 2. The van der Waals surface area contributed by atoms with Crippen LogP contribution in [0.1, 0.15) is 40.2 Å². The van der Waals surface area contributed by atoms with Crippen LogP contribution in [0.25, 0.3) is 11.1 Å². The molecule has 3 aromatic rings. The summed E-state index contributed by atoms with van der Waals surface area (Å²) in [6, 6.07) is 14.9. The summed E-state index contributed by atoms with van der Waals surface area (Å²) in [5.74, 6) is -1.95. The lowest BCUT2D eigenvalue weighted by molar-refractivity contribution is -0.139. The number of aryl methyl sites for hydroxylation is 1. The summed E-state index contributed by atoms with van der Waals surface area (Å²) >= 11 is 0. The fraction of sp³-hybridized carbons (Fsp3) is 0.231. The molecule has 0 spiro atoms. The van der Waals surface area contributed by atoms with Crippen molar-refractivity contribution >= 4 is 23.8 Å². The van der Waals surface area contributed by atoms with Gasteiger partial charge in [-0.25, -0.2) is 9.59 Å². The van der Waals surface area contributed by atoms with E-state index in [9.17, 15) is 19.5 Å². The number of rotatable bonds is 9. The van der Waals surface area contributed by atoms with Gasteiger partial charge in [-0.2, -0.15) is 5.10 Å². The van der Waals surface area contributed by atoms with E-state index >= 15 is 0 Å². The van der Waals surface area contributed by atoms with Gasteiger partial charge in [0.2, 0.25) is 0 Å². The highest BCUT2D eigenvalue weighted by molar-refractivity contribution is 6.02. The number of fused-ring (bicyclic) bond motifs is 3. The quantitative estimate of drug-likeness (QED) is 0.404. The largest absolute Gasteiger partial charge is 0.480 e. The van der Waals surface area contributed by atoms with E-state index in [1.54, 1.807) is 13.1 Å². The summed E-state index contributed by atoms with van der Waals surface area (Å²) in [7, 11) is 1.59. The number of carbonyl (C=O) groups excluding carboxylic acids is 2. The van der Waals surface area contributed by atoms with Crippen LogP contribution in [0.4, 0.5) is 10.6 Å². The minimum atomic E-state index is -1.16. The highest BCUT2D eigenvalue weighted by atomic mass is 16.5. The monoisotopic (exact) mass is 474 g/mol. The lowest BCUT2D eigenvalue weighted by Gasteiger charge is -2.15. The summed E-state index contributed by atoms with van der Waals surface area (Å²) in [4.78, 5) is 36.8. The number of carboxylic acids is 1. The summed E-state index contributed by atoms with van der Waals surface area (Å²) in [6.45, 7) is 3.68. The second kappa shape index (κ2) is 10.3. The predicted molar refractivity (Wildman–Crippen MR) is 130 cm³/mol. The maximum Gasteiger partial charge on any atom is 0.412 e. The molecule has 2 amide bonds. The van der Waals surface area contributed by atoms with Crippen molar-refractivity contribution in [2.24, 2.45) is 7.05 Å². The molecule has 180 valence electrons. The fourth-order valence-corrected chi connectivity index (χ4v) is 4.26. The van der Waals surface area contributed by atoms with Gasteiger partial charge in [0, 0.05) is 19.2 Å². The third-order valence-electron chi connectivity index (χ3n) is 5.90. The minimum absolute atomic E-state index is 0.0184. The lowest BCUT2D eigenvalue weighted by atomic mass is 9.98. The number of nitrogens with one attached hydrogen (secondary N) is 2. The van der Waals surface area contributed by atoms with Gasteiger partial charge in [-0.15, -0.1) is 6.58 Å². The van der Waals surface area contributed by atoms with Crippen molar-refractivity contribution in [2.45, 2.75) is 24.8 Å². The molecule has 0 fully saturated rings. The molecule has 0 saturated heterocycles. The number of carbonyl (C=O) groups is 3. The van der Waals surface area contributed by atoms with Crippen LogP contribution < -0.4 is 10.6 Å². The standard InChI is InChI=1S/C26H26N4O5/c1-3-4-13-22(25(32)33)27-24(31)20-14-30(2)29-23(20)28-26(34)35-15-21-18-11-7-5-9-16(18)17-10-6-8-12-19(17)21/h3,5-12,14,21-22H,1,4,13,15H2,2H3,(H,27,31)(H,32,33)(H,28,29,34). The molecule has 3 N–H and O–H groups in total. The molecule has 0 saturated carbocycles. The van der Waals surface area contributed by atoms with Crippen molar-refractivity contribution in [1.29, 1.82) is 0 Å². The van der Waals surface area contributed by atoms with Gasteiger partial charge in [0.25, 0.3) is 5.91 Å². The Morgan fingerprint density at radius 3 is 2.37 bits per heavy atom. The molecule has 1 atom stereocenters. The molecular formula is C26H26N4O5. The Morgan fingerprint density at radius 1 is 1.14 bits per heavy atom. The molecular weight excluding hydrogens is 448 g/mol. The Hall–Kier alpha value is -4.40. The number of hydrogen-bond donors (Lipinski definition) is 3. The Kier molecular flexibility index (Phi) is 6.96. The molecule has 0 radical (unpaired) electrons. The molecule has 9 heteroatoms. The third-order valence-corrected chi connectivity index (χ3v) is 5.90. The number of benzene rings is 2. The van der Waals surface area contributed by atoms with Crippen molar-refractivity contribution in [3.8, 4) is 11.1 Å². The van der Waals surface area contributed by atoms with Crippen LogP contribution in [-0.2, 0) is 16.6 Å². The van der Waals surface area contributed by atoms with Gasteiger partial charge in [-0.1, -0.05) is 54.6 Å². The van der Waals surface area contributed by atoms with Crippen LogP contribution in [0.3, 0.4) is 0 Å². The second-order valence-electron chi connectivity index (χ2n) is 8.25. The molecule has 9 nitrogen and oxygen atoms in total. The highest BCUT2D eigenvalue weighted by Crippen LogP contribution is 2.44. The zero-order valence-electron chi connectivity index (χ0n) is 19.2. The predicted octanol–water partition coefficient (Wildman–Crippen LogP) is 3.93. The number of amides is 2. The Labute approximate surface area is 202 Å². The van der Waals surface area contributed by atoms with Crippen molar-refractivity contribution in [3.05, 3.63) is 84.1 Å². The van der Waals surface area contributed by atoms with Gasteiger partial charge < -0.3 is 15.2 Å². The van der Waals surface area contributed by atoms with Gasteiger partial charge in [-0.3, -0.25) is 14.8 Å². The van der Waals surface area contributed by atoms with E-state index in [1.807, 2.05) is 48.5 Å². The topological polar surface area (TPSA) is 123 Å². The van der Waals surface area contributed by atoms with Crippen LogP contribution in [0, 0.1) is 0 Å². The smallest absolute Gasteiger partial charge is 0.412 e. The molecule has 1 aliphatic rings. The zero-order valence-corrected chi connectivity index (χ0v) is 19.2. The van der Waals surface area contributed by atoms with Gasteiger partial charge in [0.15, 0.2) is 5.82 Å². The van der Waals surface area contributed by atoms with Crippen molar-refractivity contribution in [1.82, 2.24) is 15.1 Å². The summed E-state index contributed by atoms with van der Waals surface area (Å²) in [5, 5.41) is 18.5. The Balaban J connectivity index is 1.44. The van der Waals surface area contributed by atoms with E-state index in [0.29, 0.717) is 6.42 Å². The first-order chi connectivity index (χ1) is 16.9. The number of nitrogens with zero attached hydrogens (tertiary/aromatic N) is 2. The second-order valence-corrected chi connectivity index (χ2v) is 8.25. The van der Waals surface area contributed by atoms with Crippen LogP contribution in [-0.4, -0.2) is 45.5 Å². The first-order valence-corrected chi connectivity index (χ1v) is 11.2. The SMILES string of the molecule is C=CCCC(NC(=O)c1cn(C)nc1NC(=O)OCC1c2ccccc2-c2ccccc21)C(=O)O. The summed E-state index contributed by atoms with van der Waals surface area (Å²) in [5.41, 5.74) is 4.43. The lowest BCUT2D eigenvalue weighted by Crippen LogP contribution is -2.40. The third kappa shape index (κ3) is 5.08. The van der Waals surface area contributed by atoms with E-state index in [4.69, 9.17) is 4.74 Å². The van der Waals surface area contributed by atoms with Crippen molar-refractivity contribution < 1.29 is 24.2 Å². The molecule has 1 unspecified atom stereocenters. The molecule has 35 heavy (non-hydrogen) atoms. The van der Waals surface area contributed by atoms with E-state index in [2.05, 4.69) is 22.3 Å². The minimum Gasteiger partial charge on any atom is -0.480 e. The van der Waals surface area contributed by atoms with Gasteiger partial charge in [0.05, 0.1) is 0 Å². The maximum absolute atomic E-state index is 12.7. The van der Waals surface area contributed by atoms with Gasteiger partial charge >= 0.3 is 12.1 Å². The number of hydrogen-bond acceptors (Lipinski definition) is 5. The summed E-state index contributed by atoms with van der Waals surface area (Å²) in [6.07, 6.45) is 2.84. The highest BCUT2D eigenvalue weighted by Gasteiger charge is 2.29. The number of ether oxygens (including phenoxy) is 1. The molecule has 0 aliphatic heterocycles. The van der Waals surface area contributed by atoms with Crippen LogP contribution in [0.2, 0.25) is 0 Å². The Bertz CT molecular complexity index is 1240. The molecule has 1 aromatic heterocycles. The van der Waals surface area contributed by atoms with E-state index < -0.39 is 24.0 Å². The number of anilines is 1. The van der Waals surface area contributed by atoms with Crippen molar-refractivity contribution in [3.63, 3.8) is 0 Å². The number of carboxylic acid groups (broad SMARTS) is 1. The van der Waals surface area contributed by atoms with Crippen LogP contribution >= 0.6 is 0 Å². The van der Waals surface area contributed by atoms with Crippen molar-refractivity contribution in [2.75, 3.05) is 11.9 Å². The summed E-state index contributed by atoms with van der Waals surface area (Å²) < 4.78 is 6.88. The normalized spacial score (nSPS) is 12.8. The molecule has 4 rings (SSSR count). The zero-order chi connectivity index (χ0) is 24.9. The van der Waals surface area contributed by atoms with Gasteiger partial charge in [-0.05, 0) is 35.1 Å². The maximum atomic E-state index is 12.7. The van der Waals surface area contributed by atoms with E-state index in [0.717, 1.165) is 22.3 Å². The molecule has 1 heterocycles. The van der Waals surface area contributed by atoms with Gasteiger partial charge in [0.1, 0.15) is 18.2 Å². The molecule has 1 aliphatic carbocycles. The Morgan fingerprint density at radius 2 is 1.77 bits per heavy atom. The van der Waals surface area contributed by atoms with Crippen LogP contribution in [0.15, 0.2) is 67.4 Å². The number of allylic oxidation sites excluding steroid dienone is 1. The van der Waals surface area contributed by atoms with Crippen LogP contribution in [0.5, 0.6) is 0 Å². The average Bonchev–Trinajstić information content (AvgIpc) is 3.37. The molecule has 0 bridgehead atoms. The first-order valence-electron chi connectivity index (χ1n) is 11.2. The fourth-order valence-electron chi connectivity index (χ4n) is 4.26. The van der Waals surface area contributed by atoms with E-state index in [1.165, 1.54) is 10.9 Å². The molecule has 2 aromatic carbocycles.